The molecule has 0 aliphatic heterocycles. The van der Waals surface area contributed by atoms with Gasteiger partial charge in [-0.2, -0.15) is 5.10 Å². The summed E-state index contributed by atoms with van der Waals surface area (Å²) in [5.74, 6) is -0.0577. The lowest BCUT2D eigenvalue weighted by Gasteiger charge is -2.04. The molecule has 1 aromatic carbocycles. The molecule has 3 rings (SSSR count). The Hall–Kier alpha value is -2.47. The Morgan fingerprint density at radius 1 is 1.41 bits per heavy atom. The minimum absolute atomic E-state index is 0.0577. The van der Waals surface area contributed by atoms with E-state index in [2.05, 4.69) is 15.4 Å². The summed E-state index contributed by atoms with van der Waals surface area (Å²) in [5, 5.41) is 9.77. The fraction of sp³-hybridized carbons (Fsp3) is 0.188. The van der Waals surface area contributed by atoms with Crippen LogP contribution in [0.3, 0.4) is 0 Å². The predicted octanol–water partition coefficient (Wildman–Crippen LogP) is 3.03. The number of amides is 1. The zero-order valence-electron chi connectivity index (χ0n) is 12.4. The van der Waals surface area contributed by atoms with Crippen molar-refractivity contribution in [3.63, 3.8) is 0 Å². The van der Waals surface area contributed by atoms with Crippen molar-refractivity contribution in [3.8, 4) is 11.3 Å². The van der Waals surface area contributed by atoms with Gasteiger partial charge in [0.1, 0.15) is 5.01 Å². The third kappa shape index (κ3) is 3.40. The second-order valence-electron chi connectivity index (χ2n) is 5.12. The first-order chi connectivity index (χ1) is 10.6. The van der Waals surface area contributed by atoms with Crippen molar-refractivity contribution in [3.05, 3.63) is 52.6 Å². The highest BCUT2D eigenvalue weighted by atomic mass is 32.1. The fourth-order valence-electron chi connectivity index (χ4n) is 2.14. The van der Waals surface area contributed by atoms with Gasteiger partial charge in [0.05, 0.1) is 18.3 Å². The van der Waals surface area contributed by atoms with Crippen molar-refractivity contribution in [2.45, 2.75) is 13.3 Å². The van der Waals surface area contributed by atoms with Crippen molar-refractivity contribution in [1.29, 1.82) is 0 Å². The molecule has 1 amide bonds. The van der Waals surface area contributed by atoms with Gasteiger partial charge in [-0.3, -0.25) is 9.48 Å². The number of hydrogen-bond acceptors (Lipinski definition) is 4. The Balaban J connectivity index is 1.66. The van der Waals surface area contributed by atoms with Gasteiger partial charge in [-0.05, 0) is 24.6 Å². The highest BCUT2D eigenvalue weighted by molar-refractivity contribution is 7.10. The monoisotopic (exact) mass is 312 g/mol. The molecule has 0 radical (unpaired) electrons. The standard InChI is InChI=1S/C16H16N4OS/c1-11-4-3-5-13(6-11)18-15(21)7-16-19-14(10-22-16)12-8-17-20(2)9-12/h3-6,8-10H,7H2,1-2H3,(H,18,21). The van der Waals surface area contributed by atoms with E-state index in [-0.39, 0.29) is 12.3 Å². The molecule has 0 fully saturated rings. The molecule has 0 aliphatic rings. The Kier molecular flexibility index (Phi) is 4.02. The van der Waals surface area contributed by atoms with Gasteiger partial charge in [-0.1, -0.05) is 12.1 Å². The van der Waals surface area contributed by atoms with Gasteiger partial charge in [-0.25, -0.2) is 4.98 Å². The molecule has 0 bridgehead atoms. The van der Waals surface area contributed by atoms with Gasteiger partial charge in [0.2, 0.25) is 5.91 Å². The lowest BCUT2D eigenvalue weighted by atomic mass is 10.2. The van der Waals surface area contributed by atoms with E-state index in [0.29, 0.717) is 0 Å². The topological polar surface area (TPSA) is 59.8 Å². The predicted molar refractivity (Wildman–Crippen MR) is 87.8 cm³/mol. The average molecular weight is 312 g/mol. The third-order valence-corrected chi connectivity index (χ3v) is 4.01. The molecule has 5 nitrogen and oxygen atoms in total. The van der Waals surface area contributed by atoms with Crippen LogP contribution >= 0.6 is 11.3 Å². The summed E-state index contributed by atoms with van der Waals surface area (Å²) < 4.78 is 1.73. The minimum atomic E-state index is -0.0577. The number of nitrogens with one attached hydrogen (secondary N) is 1. The molecule has 0 aliphatic carbocycles. The number of anilines is 1. The van der Waals surface area contributed by atoms with Crippen molar-refractivity contribution in [1.82, 2.24) is 14.8 Å². The first-order valence-electron chi connectivity index (χ1n) is 6.90. The average Bonchev–Trinajstić information content (AvgIpc) is 3.07. The Labute approximate surface area is 132 Å². The van der Waals surface area contributed by atoms with E-state index < -0.39 is 0 Å². The van der Waals surface area contributed by atoms with Crippen LogP contribution in [-0.2, 0) is 18.3 Å². The summed E-state index contributed by atoms with van der Waals surface area (Å²) in [6.45, 7) is 2.00. The second-order valence-corrected chi connectivity index (χ2v) is 6.07. The molecule has 112 valence electrons. The lowest BCUT2D eigenvalue weighted by molar-refractivity contribution is -0.115. The molecular weight excluding hydrogens is 296 g/mol. The van der Waals surface area contributed by atoms with Crippen LogP contribution in [0.25, 0.3) is 11.3 Å². The second kappa shape index (κ2) is 6.11. The number of rotatable bonds is 4. The maximum atomic E-state index is 12.1. The molecule has 0 saturated heterocycles. The van der Waals surface area contributed by atoms with Gasteiger partial charge in [0.15, 0.2) is 0 Å². The summed E-state index contributed by atoms with van der Waals surface area (Å²) >= 11 is 1.49. The summed E-state index contributed by atoms with van der Waals surface area (Å²) in [7, 11) is 1.87. The molecule has 1 N–H and O–H groups in total. The summed E-state index contributed by atoms with van der Waals surface area (Å²) in [6.07, 6.45) is 3.95. The lowest BCUT2D eigenvalue weighted by Crippen LogP contribution is -2.14. The molecule has 6 heteroatoms. The van der Waals surface area contributed by atoms with Gasteiger partial charge in [0, 0.05) is 29.9 Å². The SMILES string of the molecule is Cc1cccc(NC(=O)Cc2nc(-c3cnn(C)c3)cs2)c1. The maximum absolute atomic E-state index is 12.1. The molecule has 2 heterocycles. The summed E-state index contributed by atoms with van der Waals surface area (Å²) in [4.78, 5) is 16.6. The largest absolute Gasteiger partial charge is 0.326 e. The molecule has 3 aromatic rings. The van der Waals surface area contributed by atoms with Gasteiger partial charge >= 0.3 is 0 Å². The highest BCUT2D eigenvalue weighted by Crippen LogP contribution is 2.21. The van der Waals surface area contributed by atoms with Crippen LogP contribution in [0.5, 0.6) is 0 Å². The van der Waals surface area contributed by atoms with E-state index in [1.807, 2.05) is 49.8 Å². The van der Waals surface area contributed by atoms with Crippen molar-refractivity contribution < 1.29 is 4.79 Å². The number of benzene rings is 1. The van der Waals surface area contributed by atoms with E-state index in [4.69, 9.17) is 0 Å². The van der Waals surface area contributed by atoms with Crippen LogP contribution in [0.15, 0.2) is 42.0 Å². The number of carbonyl (C=O) groups is 1. The highest BCUT2D eigenvalue weighted by Gasteiger charge is 2.10. The number of carbonyl (C=O) groups excluding carboxylic acids is 1. The number of nitrogens with zero attached hydrogens (tertiary/aromatic N) is 3. The Morgan fingerprint density at radius 3 is 3.00 bits per heavy atom. The molecule has 0 saturated carbocycles. The van der Waals surface area contributed by atoms with Crippen LogP contribution < -0.4 is 5.32 Å². The molecule has 2 aromatic heterocycles. The van der Waals surface area contributed by atoms with E-state index in [9.17, 15) is 4.79 Å². The molecule has 0 unspecified atom stereocenters. The van der Waals surface area contributed by atoms with Crippen LogP contribution in [0.1, 0.15) is 10.6 Å². The molecule has 0 spiro atoms. The smallest absolute Gasteiger partial charge is 0.231 e. The van der Waals surface area contributed by atoms with E-state index in [0.717, 1.165) is 27.5 Å². The van der Waals surface area contributed by atoms with Crippen LogP contribution in [-0.4, -0.2) is 20.7 Å². The van der Waals surface area contributed by atoms with E-state index >= 15 is 0 Å². The Bertz CT molecular complexity index is 806. The first kappa shape index (κ1) is 14.5. The zero-order valence-corrected chi connectivity index (χ0v) is 13.2. The number of aryl methyl sites for hydroxylation is 2. The molecule has 0 atom stereocenters. The van der Waals surface area contributed by atoms with Gasteiger partial charge in [-0.15, -0.1) is 11.3 Å². The van der Waals surface area contributed by atoms with Crippen molar-refractivity contribution >= 4 is 22.9 Å². The van der Waals surface area contributed by atoms with Crippen LogP contribution in [0, 0.1) is 6.92 Å². The molecular formula is C16H16N4OS. The van der Waals surface area contributed by atoms with E-state index in [1.54, 1.807) is 10.9 Å². The van der Waals surface area contributed by atoms with E-state index in [1.165, 1.54) is 11.3 Å². The first-order valence-corrected chi connectivity index (χ1v) is 7.78. The van der Waals surface area contributed by atoms with Crippen LogP contribution in [0.2, 0.25) is 0 Å². The normalized spacial score (nSPS) is 10.6. The van der Waals surface area contributed by atoms with Gasteiger partial charge in [0.25, 0.3) is 0 Å². The number of aromatic nitrogens is 3. The molecule has 22 heavy (non-hydrogen) atoms. The third-order valence-electron chi connectivity index (χ3n) is 3.17. The zero-order chi connectivity index (χ0) is 15.5. The quantitative estimate of drug-likeness (QED) is 0.805. The number of thiazole rings is 1. The fourth-order valence-corrected chi connectivity index (χ4v) is 2.95. The van der Waals surface area contributed by atoms with Crippen LogP contribution in [0.4, 0.5) is 5.69 Å². The summed E-state index contributed by atoms with van der Waals surface area (Å²) in [6, 6.07) is 7.75. The Morgan fingerprint density at radius 2 is 2.27 bits per heavy atom. The van der Waals surface area contributed by atoms with Crippen molar-refractivity contribution in [2.75, 3.05) is 5.32 Å². The van der Waals surface area contributed by atoms with Crippen molar-refractivity contribution in [2.24, 2.45) is 7.05 Å². The van der Waals surface area contributed by atoms with Gasteiger partial charge < -0.3 is 5.32 Å². The number of hydrogen-bond donors (Lipinski definition) is 1. The maximum Gasteiger partial charge on any atom is 0.231 e. The summed E-state index contributed by atoms with van der Waals surface area (Å²) in [5.41, 5.74) is 3.75. The minimum Gasteiger partial charge on any atom is -0.326 e.